The minimum absolute atomic E-state index is 0.215. The lowest BCUT2D eigenvalue weighted by Gasteiger charge is -2.05. The highest BCUT2D eigenvalue weighted by molar-refractivity contribution is 5.95. The standard InChI is InChI=1S/C13H18N2O2/c1-9(2)10(3)14-15-13(16)11-5-7-12(17-4)8-6-11/h5-9H,1-4H3,(H,15,16). The molecule has 0 aliphatic heterocycles. The van der Waals surface area contributed by atoms with E-state index in [0.29, 0.717) is 11.5 Å². The van der Waals surface area contributed by atoms with Gasteiger partial charge >= 0.3 is 0 Å². The normalized spacial score (nSPS) is 11.5. The van der Waals surface area contributed by atoms with Crippen LogP contribution in [0.4, 0.5) is 0 Å². The lowest BCUT2D eigenvalue weighted by molar-refractivity contribution is 0.0954. The van der Waals surface area contributed by atoms with Crippen molar-refractivity contribution in [3.63, 3.8) is 0 Å². The van der Waals surface area contributed by atoms with E-state index in [0.717, 1.165) is 11.5 Å². The Morgan fingerprint density at radius 2 is 1.88 bits per heavy atom. The van der Waals surface area contributed by atoms with Crippen LogP contribution in [-0.2, 0) is 0 Å². The molecular weight excluding hydrogens is 216 g/mol. The van der Waals surface area contributed by atoms with Gasteiger partial charge in [0.05, 0.1) is 7.11 Å². The van der Waals surface area contributed by atoms with Crippen molar-refractivity contribution in [3.05, 3.63) is 29.8 Å². The van der Waals surface area contributed by atoms with E-state index >= 15 is 0 Å². The Morgan fingerprint density at radius 3 is 2.35 bits per heavy atom. The van der Waals surface area contributed by atoms with Crippen molar-refractivity contribution in [1.82, 2.24) is 5.43 Å². The molecule has 0 fully saturated rings. The first-order valence-corrected chi connectivity index (χ1v) is 5.53. The van der Waals surface area contributed by atoms with Crippen LogP contribution in [0.25, 0.3) is 0 Å². The van der Waals surface area contributed by atoms with Crippen molar-refractivity contribution < 1.29 is 9.53 Å². The molecule has 92 valence electrons. The number of benzene rings is 1. The Kier molecular flexibility index (Phi) is 4.69. The fourth-order valence-corrected chi connectivity index (χ4v) is 1.07. The molecule has 0 aromatic heterocycles. The van der Waals surface area contributed by atoms with Crippen LogP contribution in [0, 0.1) is 5.92 Å². The summed E-state index contributed by atoms with van der Waals surface area (Å²) in [6.07, 6.45) is 0. The van der Waals surface area contributed by atoms with Crippen LogP contribution in [0.15, 0.2) is 29.4 Å². The number of ether oxygens (including phenoxy) is 1. The second-order valence-electron chi connectivity index (χ2n) is 4.08. The molecule has 1 aromatic rings. The molecule has 0 heterocycles. The molecule has 0 unspecified atom stereocenters. The third kappa shape index (κ3) is 3.90. The molecule has 0 aliphatic carbocycles. The zero-order valence-corrected chi connectivity index (χ0v) is 10.7. The zero-order chi connectivity index (χ0) is 12.8. The number of carbonyl (C=O) groups excluding carboxylic acids is 1. The van der Waals surface area contributed by atoms with Crippen LogP contribution in [-0.4, -0.2) is 18.7 Å². The van der Waals surface area contributed by atoms with E-state index in [1.165, 1.54) is 0 Å². The van der Waals surface area contributed by atoms with Gasteiger partial charge in [-0.3, -0.25) is 4.79 Å². The average Bonchev–Trinajstić information content (AvgIpc) is 2.35. The fraction of sp³-hybridized carbons (Fsp3) is 0.385. The lowest BCUT2D eigenvalue weighted by Crippen LogP contribution is -2.20. The third-order valence-corrected chi connectivity index (χ3v) is 2.52. The number of nitrogens with one attached hydrogen (secondary N) is 1. The molecule has 1 amide bonds. The monoisotopic (exact) mass is 234 g/mol. The van der Waals surface area contributed by atoms with Crippen LogP contribution in [0.5, 0.6) is 5.75 Å². The van der Waals surface area contributed by atoms with Gasteiger partial charge in [-0.1, -0.05) is 13.8 Å². The van der Waals surface area contributed by atoms with Gasteiger partial charge in [0.1, 0.15) is 5.75 Å². The maximum atomic E-state index is 11.7. The number of rotatable bonds is 4. The molecule has 0 aliphatic rings. The average molecular weight is 234 g/mol. The Labute approximate surface area is 102 Å². The first-order chi connectivity index (χ1) is 8.04. The van der Waals surface area contributed by atoms with Gasteiger partial charge in [0, 0.05) is 11.3 Å². The highest BCUT2D eigenvalue weighted by Gasteiger charge is 2.05. The first-order valence-electron chi connectivity index (χ1n) is 5.53. The molecule has 4 heteroatoms. The SMILES string of the molecule is COc1ccc(C(=O)NN=C(C)C(C)C)cc1. The van der Waals surface area contributed by atoms with Crippen LogP contribution >= 0.6 is 0 Å². The van der Waals surface area contributed by atoms with Gasteiger partial charge in [-0.05, 0) is 37.1 Å². The Hall–Kier alpha value is -1.84. The van der Waals surface area contributed by atoms with E-state index < -0.39 is 0 Å². The van der Waals surface area contributed by atoms with E-state index in [4.69, 9.17) is 4.74 Å². The lowest BCUT2D eigenvalue weighted by atomic mass is 10.1. The van der Waals surface area contributed by atoms with Crippen LogP contribution in [0.3, 0.4) is 0 Å². The summed E-state index contributed by atoms with van der Waals surface area (Å²) in [4.78, 5) is 11.7. The van der Waals surface area contributed by atoms with Gasteiger partial charge in [-0.2, -0.15) is 5.10 Å². The first kappa shape index (κ1) is 13.2. The van der Waals surface area contributed by atoms with Gasteiger partial charge in [-0.25, -0.2) is 5.43 Å². The van der Waals surface area contributed by atoms with Crippen molar-refractivity contribution in [2.75, 3.05) is 7.11 Å². The Balaban J connectivity index is 2.67. The number of carbonyl (C=O) groups is 1. The topological polar surface area (TPSA) is 50.7 Å². The Morgan fingerprint density at radius 1 is 1.29 bits per heavy atom. The van der Waals surface area contributed by atoms with E-state index in [1.54, 1.807) is 31.4 Å². The van der Waals surface area contributed by atoms with Crippen LogP contribution in [0.2, 0.25) is 0 Å². The number of amides is 1. The summed E-state index contributed by atoms with van der Waals surface area (Å²) in [5, 5.41) is 4.03. The molecule has 1 rings (SSSR count). The van der Waals surface area contributed by atoms with Gasteiger partial charge in [-0.15, -0.1) is 0 Å². The summed E-state index contributed by atoms with van der Waals surface area (Å²) >= 11 is 0. The summed E-state index contributed by atoms with van der Waals surface area (Å²) in [6, 6.07) is 6.89. The van der Waals surface area contributed by atoms with E-state index in [1.807, 2.05) is 20.8 Å². The minimum atomic E-state index is -0.215. The van der Waals surface area contributed by atoms with E-state index in [2.05, 4.69) is 10.5 Å². The van der Waals surface area contributed by atoms with Gasteiger partial charge in [0.25, 0.3) is 5.91 Å². The summed E-state index contributed by atoms with van der Waals surface area (Å²) in [5.74, 6) is 0.835. The smallest absolute Gasteiger partial charge is 0.271 e. The molecule has 0 saturated carbocycles. The quantitative estimate of drug-likeness (QED) is 0.642. The molecule has 0 saturated heterocycles. The molecule has 1 aromatic carbocycles. The number of hydrazone groups is 1. The van der Waals surface area contributed by atoms with Crippen molar-refractivity contribution in [3.8, 4) is 5.75 Å². The molecule has 0 bridgehead atoms. The minimum Gasteiger partial charge on any atom is -0.497 e. The van der Waals surface area contributed by atoms with Crippen molar-refractivity contribution in [2.45, 2.75) is 20.8 Å². The van der Waals surface area contributed by atoms with E-state index in [9.17, 15) is 4.79 Å². The van der Waals surface area contributed by atoms with Gasteiger partial charge in [0.15, 0.2) is 0 Å². The molecule has 0 spiro atoms. The molecular formula is C13H18N2O2. The maximum absolute atomic E-state index is 11.7. The van der Waals surface area contributed by atoms with Crippen molar-refractivity contribution in [2.24, 2.45) is 11.0 Å². The second kappa shape index (κ2) is 6.03. The Bertz CT molecular complexity index is 408. The molecule has 17 heavy (non-hydrogen) atoms. The largest absolute Gasteiger partial charge is 0.497 e. The predicted molar refractivity (Wildman–Crippen MR) is 68.4 cm³/mol. The highest BCUT2D eigenvalue weighted by Crippen LogP contribution is 2.11. The third-order valence-electron chi connectivity index (χ3n) is 2.52. The summed E-state index contributed by atoms with van der Waals surface area (Å²) < 4.78 is 5.02. The van der Waals surface area contributed by atoms with Gasteiger partial charge in [0.2, 0.25) is 0 Å². The zero-order valence-electron chi connectivity index (χ0n) is 10.7. The van der Waals surface area contributed by atoms with Crippen molar-refractivity contribution >= 4 is 11.6 Å². The molecule has 4 nitrogen and oxygen atoms in total. The van der Waals surface area contributed by atoms with Crippen LogP contribution in [0.1, 0.15) is 31.1 Å². The summed E-state index contributed by atoms with van der Waals surface area (Å²) in [7, 11) is 1.59. The number of hydrogen-bond acceptors (Lipinski definition) is 3. The van der Waals surface area contributed by atoms with Gasteiger partial charge < -0.3 is 4.74 Å². The highest BCUT2D eigenvalue weighted by atomic mass is 16.5. The number of hydrogen-bond donors (Lipinski definition) is 1. The number of nitrogens with zero attached hydrogens (tertiary/aromatic N) is 1. The van der Waals surface area contributed by atoms with Crippen molar-refractivity contribution in [1.29, 1.82) is 0 Å². The maximum Gasteiger partial charge on any atom is 0.271 e. The van der Waals surface area contributed by atoms with E-state index in [-0.39, 0.29) is 5.91 Å². The van der Waals surface area contributed by atoms with Crippen LogP contribution < -0.4 is 10.2 Å². The summed E-state index contributed by atoms with van der Waals surface area (Å²) in [5.41, 5.74) is 3.98. The predicted octanol–water partition coefficient (Wildman–Crippen LogP) is 2.46. The fourth-order valence-electron chi connectivity index (χ4n) is 1.07. The summed E-state index contributed by atoms with van der Waals surface area (Å²) in [6.45, 7) is 5.94. The molecule has 0 radical (unpaired) electrons. The second-order valence-corrected chi connectivity index (χ2v) is 4.08. The number of methoxy groups -OCH3 is 1. The molecule has 0 atom stereocenters. The molecule has 1 N–H and O–H groups in total.